The number of hydrogen-bond acceptors (Lipinski definition) is 5. The van der Waals surface area contributed by atoms with Crippen LogP contribution in [0.5, 0.6) is 0 Å². The molecule has 1 aromatic heterocycles. The summed E-state index contributed by atoms with van der Waals surface area (Å²) in [7, 11) is -3.91. The third-order valence-corrected chi connectivity index (χ3v) is 6.50. The minimum atomic E-state index is -3.91. The Morgan fingerprint density at radius 3 is 2.40 bits per heavy atom. The van der Waals surface area contributed by atoms with Gasteiger partial charge >= 0.3 is 0 Å². The normalized spacial score (nSPS) is 11.8. The molecule has 1 amide bonds. The van der Waals surface area contributed by atoms with Gasteiger partial charge in [-0.2, -0.15) is 0 Å². The predicted octanol–water partition coefficient (Wildman–Crippen LogP) is 2.62. The summed E-state index contributed by atoms with van der Waals surface area (Å²) in [5.41, 5.74) is 0.933. The molecule has 0 unspecified atom stereocenters. The maximum atomic E-state index is 12.7. The highest BCUT2D eigenvalue weighted by Crippen LogP contribution is 2.25. The van der Waals surface area contributed by atoms with Gasteiger partial charge in [0, 0.05) is 29.4 Å². The average Bonchev–Trinajstić information content (AvgIpc) is 2.59. The number of benzene rings is 1. The van der Waals surface area contributed by atoms with E-state index >= 15 is 0 Å². The minimum absolute atomic E-state index is 0.127. The zero-order chi connectivity index (χ0) is 18.5. The molecule has 8 heteroatoms. The number of anilines is 1. The van der Waals surface area contributed by atoms with Crippen molar-refractivity contribution in [3.63, 3.8) is 0 Å². The van der Waals surface area contributed by atoms with Gasteiger partial charge in [-0.15, -0.1) is 0 Å². The molecule has 0 atom stereocenters. The average molecular weight is 426 g/mol. The lowest BCUT2D eigenvalue weighted by molar-refractivity contribution is -0.122. The summed E-state index contributed by atoms with van der Waals surface area (Å²) in [4.78, 5) is 16.3. The van der Waals surface area contributed by atoms with E-state index in [2.05, 4.69) is 31.5 Å². The monoisotopic (exact) mass is 425 g/mol. The van der Waals surface area contributed by atoms with Crippen LogP contribution < -0.4 is 10.6 Å². The Bertz CT molecular complexity index is 822. The van der Waals surface area contributed by atoms with Gasteiger partial charge in [-0.25, -0.2) is 13.4 Å². The van der Waals surface area contributed by atoms with Crippen LogP contribution in [0.1, 0.15) is 13.8 Å². The van der Waals surface area contributed by atoms with E-state index in [0.29, 0.717) is 17.6 Å². The van der Waals surface area contributed by atoms with Crippen LogP contribution in [0.15, 0.2) is 58.2 Å². The Balaban J connectivity index is 1.98. The fourth-order valence-electron chi connectivity index (χ4n) is 2.06. The second-order valence-corrected chi connectivity index (χ2v) is 9.24. The molecule has 2 aromatic rings. The van der Waals surface area contributed by atoms with Crippen LogP contribution in [0.4, 0.5) is 5.69 Å². The highest BCUT2D eigenvalue weighted by atomic mass is 79.9. The Kier molecular flexibility index (Phi) is 6.18. The number of aromatic nitrogens is 1. The van der Waals surface area contributed by atoms with Crippen LogP contribution >= 0.6 is 15.9 Å². The maximum Gasteiger partial charge on any atom is 0.241 e. The van der Waals surface area contributed by atoms with Crippen LogP contribution in [0.3, 0.4) is 0 Å². The largest absolute Gasteiger partial charge is 0.383 e. The third kappa shape index (κ3) is 4.58. The number of hydrogen-bond donors (Lipinski definition) is 2. The topological polar surface area (TPSA) is 88.2 Å². The van der Waals surface area contributed by atoms with Gasteiger partial charge in [-0.05, 0) is 54.0 Å². The Hall–Kier alpha value is -1.93. The number of sulfone groups is 1. The molecule has 0 spiro atoms. The Morgan fingerprint density at radius 1 is 1.12 bits per heavy atom. The van der Waals surface area contributed by atoms with Gasteiger partial charge in [0.25, 0.3) is 0 Å². The van der Waals surface area contributed by atoms with Gasteiger partial charge in [-0.3, -0.25) is 4.79 Å². The van der Waals surface area contributed by atoms with Gasteiger partial charge in [0.05, 0.1) is 0 Å². The molecular weight excluding hydrogens is 406 g/mol. The lowest BCUT2D eigenvalue weighted by Gasteiger charge is -2.23. The molecule has 0 radical (unpaired) electrons. The number of pyridine rings is 1. The molecule has 1 heterocycles. The third-order valence-electron chi connectivity index (χ3n) is 3.71. The number of nitrogens with zero attached hydrogens (tertiary/aromatic N) is 1. The van der Waals surface area contributed by atoms with Crippen molar-refractivity contribution < 1.29 is 13.2 Å². The molecule has 0 aliphatic rings. The number of halogens is 1. The Morgan fingerprint density at radius 2 is 1.80 bits per heavy atom. The van der Waals surface area contributed by atoms with Gasteiger partial charge in [0.1, 0.15) is 0 Å². The number of amides is 1. The first-order valence-electron chi connectivity index (χ1n) is 7.68. The molecule has 6 nitrogen and oxygen atoms in total. The molecule has 0 aliphatic heterocycles. The van der Waals surface area contributed by atoms with E-state index in [4.69, 9.17) is 0 Å². The van der Waals surface area contributed by atoms with Crippen LogP contribution in [-0.4, -0.2) is 37.1 Å². The molecule has 2 rings (SSSR count). The van der Waals surface area contributed by atoms with Gasteiger partial charge < -0.3 is 10.6 Å². The number of nitrogens with one attached hydrogen (secondary N) is 2. The summed E-state index contributed by atoms with van der Waals surface area (Å²) in [5, 5.41) is 5.68. The fourth-order valence-corrected chi connectivity index (χ4v) is 3.57. The smallest absolute Gasteiger partial charge is 0.241 e. The van der Waals surface area contributed by atoms with Crippen LogP contribution in [0, 0.1) is 0 Å². The van der Waals surface area contributed by atoms with E-state index in [1.807, 2.05) is 30.3 Å². The molecule has 0 bridgehead atoms. The fraction of sp³-hybridized carbons (Fsp3) is 0.294. The zero-order valence-electron chi connectivity index (χ0n) is 14.0. The van der Waals surface area contributed by atoms with Crippen molar-refractivity contribution in [2.24, 2.45) is 0 Å². The van der Waals surface area contributed by atoms with E-state index in [1.165, 1.54) is 26.1 Å². The first-order chi connectivity index (χ1) is 11.7. The van der Waals surface area contributed by atoms with Crippen molar-refractivity contribution in [1.82, 2.24) is 10.3 Å². The van der Waals surface area contributed by atoms with Gasteiger partial charge in [0.2, 0.25) is 15.7 Å². The molecule has 1 aromatic carbocycles. The second kappa shape index (κ2) is 7.97. The van der Waals surface area contributed by atoms with Crippen LogP contribution in [-0.2, 0) is 14.6 Å². The molecular formula is C17H20BrN3O3S. The van der Waals surface area contributed by atoms with E-state index in [1.54, 1.807) is 6.07 Å². The molecule has 25 heavy (non-hydrogen) atoms. The Labute approximate surface area is 156 Å². The van der Waals surface area contributed by atoms with Gasteiger partial charge in [-0.1, -0.05) is 18.2 Å². The van der Waals surface area contributed by atoms with Crippen molar-refractivity contribution >= 4 is 37.4 Å². The molecule has 134 valence electrons. The first kappa shape index (κ1) is 19.4. The number of carbonyl (C=O) groups excluding carboxylic acids is 1. The predicted molar refractivity (Wildman–Crippen MR) is 101 cm³/mol. The number of carbonyl (C=O) groups is 1. The van der Waals surface area contributed by atoms with E-state index < -0.39 is 20.5 Å². The maximum absolute atomic E-state index is 12.7. The first-order valence-corrected chi connectivity index (χ1v) is 9.96. The summed E-state index contributed by atoms with van der Waals surface area (Å²) in [5.74, 6) is -0.563. The minimum Gasteiger partial charge on any atom is -0.383 e. The summed E-state index contributed by atoms with van der Waals surface area (Å²) in [6.45, 7) is 3.56. The zero-order valence-corrected chi connectivity index (χ0v) is 16.4. The molecule has 0 fully saturated rings. The lowest BCUT2D eigenvalue weighted by Crippen LogP contribution is -2.49. The summed E-state index contributed by atoms with van der Waals surface area (Å²) >= 11 is 3.21. The highest BCUT2D eigenvalue weighted by molar-refractivity contribution is 9.10. The number of para-hydroxylation sites is 1. The highest BCUT2D eigenvalue weighted by Gasteiger charge is 2.43. The van der Waals surface area contributed by atoms with Crippen LogP contribution in [0.25, 0.3) is 0 Å². The van der Waals surface area contributed by atoms with Crippen molar-refractivity contribution in [3.8, 4) is 0 Å². The van der Waals surface area contributed by atoms with E-state index in [0.717, 1.165) is 5.69 Å². The standard InChI is InChI=1S/C17H20BrN3O3S/c1-17(2,25(23,24)15-9-8-13(18)12-21-15)16(22)20-11-10-19-14-6-4-3-5-7-14/h3-9,12,19H,10-11H2,1-2H3,(H,20,22). The second-order valence-electron chi connectivity index (χ2n) is 5.88. The lowest BCUT2D eigenvalue weighted by atomic mass is 10.2. The van der Waals surface area contributed by atoms with E-state index in [9.17, 15) is 13.2 Å². The van der Waals surface area contributed by atoms with Crippen LogP contribution in [0.2, 0.25) is 0 Å². The number of rotatable bonds is 7. The van der Waals surface area contributed by atoms with Gasteiger partial charge in [0.15, 0.2) is 9.77 Å². The summed E-state index contributed by atoms with van der Waals surface area (Å²) in [6.07, 6.45) is 1.39. The summed E-state index contributed by atoms with van der Waals surface area (Å²) in [6, 6.07) is 12.5. The quantitative estimate of drug-likeness (QED) is 0.665. The molecule has 0 saturated heterocycles. The SMILES string of the molecule is CC(C)(C(=O)NCCNc1ccccc1)S(=O)(=O)c1ccc(Br)cn1. The molecule has 0 aliphatic carbocycles. The van der Waals surface area contributed by atoms with E-state index in [-0.39, 0.29) is 5.03 Å². The van der Waals surface area contributed by atoms with Crippen molar-refractivity contribution in [3.05, 3.63) is 53.1 Å². The van der Waals surface area contributed by atoms with Crippen molar-refractivity contribution in [1.29, 1.82) is 0 Å². The van der Waals surface area contributed by atoms with Crippen molar-refractivity contribution in [2.45, 2.75) is 23.6 Å². The molecule has 2 N–H and O–H groups in total. The summed E-state index contributed by atoms with van der Waals surface area (Å²) < 4.78 is 24.5. The van der Waals surface area contributed by atoms with Crippen molar-refractivity contribution in [2.75, 3.05) is 18.4 Å². The molecule has 0 saturated carbocycles.